The van der Waals surface area contributed by atoms with Crippen LogP contribution in [-0.2, 0) is 12.0 Å². The second-order valence-corrected chi connectivity index (χ2v) is 6.86. The summed E-state index contributed by atoms with van der Waals surface area (Å²) in [4.78, 5) is 0. The molecule has 0 fully saturated rings. The Kier molecular flexibility index (Phi) is 4.19. The van der Waals surface area contributed by atoms with Gasteiger partial charge in [-0.25, -0.2) is 0 Å². The molecule has 20 heavy (non-hydrogen) atoms. The summed E-state index contributed by atoms with van der Waals surface area (Å²) >= 11 is 6.17. The van der Waals surface area contributed by atoms with E-state index in [0.29, 0.717) is 17.7 Å². The van der Waals surface area contributed by atoms with Crippen LogP contribution < -0.4 is 0 Å². The smallest absolute Gasteiger partial charge is 0.225 e. The van der Waals surface area contributed by atoms with Gasteiger partial charge in [-0.15, -0.1) is 10.2 Å². The SMILES string of the molecule is CC(C)c1ccc(Cn2c(Cl)nnc2C(C)(C)C)cc1. The van der Waals surface area contributed by atoms with Gasteiger partial charge >= 0.3 is 0 Å². The van der Waals surface area contributed by atoms with E-state index in [4.69, 9.17) is 11.6 Å². The van der Waals surface area contributed by atoms with E-state index in [1.807, 2.05) is 4.57 Å². The Balaban J connectivity index is 2.28. The minimum Gasteiger partial charge on any atom is -0.297 e. The fourth-order valence-corrected chi connectivity index (χ4v) is 2.35. The molecular weight excluding hydrogens is 270 g/mol. The van der Waals surface area contributed by atoms with Crippen LogP contribution in [0.4, 0.5) is 0 Å². The van der Waals surface area contributed by atoms with Crippen LogP contribution in [0, 0.1) is 0 Å². The lowest BCUT2D eigenvalue weighted by Crippen LogP contribution is -2.19. The van der Waals surface area contributed by atoms with Crippen LogP contribution in [0.15, 0.2) is 24.3 Å². The van der Waals surface area contributed by atoms with Gasteiger partial charge in [-0.3, -0.25) is 4.57 Å². The van der Waals surface area contributed by atoms with Crippen molar-refractivity contribution in [2.45, 2.75) is 52.5 Å². The van der Waals surface area contributed by atoms with Crippen molar-refractivity contribution in [2.75, 3.05) is 0 Å². The molecule has 1 aromatic carbocycles. The molecule has 0 unspecified atom stereocenters. The number of aromatic nitrogens is 3. The highest BCUT2D eigenvalue weighted by molar-refractivity contribution is 6.28. The monoisotopic (exact) mass is 291 g/mol. The number of halogens is 1. The lowest BCUT2D eigenvalue weighted by atomic mass is 9.95. The number of hydrogen-bond acceptors (Lipinski definition) is 2. The van der Waals surface area contributed by atoms with Crippen LogP contribution in [0.5, 0.6) is 0 Å². The minimum absolute atomic E-state index is 0.0714. The fraction of sp³-hybridized carbons (Fsp3) is 0.500. The Morgan fingerprint density at radius 1 is 1.10 bits per heavy atom. The van der Waals surface area contributed by atoms with Gasteiger partial charge in [0.15, 0.2) is 0 Å². The second-order valence-electron chi connectivity index (χ2n) is 6.53. The molecule has 4 heteroatoms. The van der Waals surface area contributed by atoms with Gasteiger partial charge in [0.2, 0.25) is 5.28 Å². The number of hydrogen-bond donors (Lipinski definition) is 0. The zero-order valence-corrected chi connectivity index (χ0v) is 13.6. The zero-order chi connectivity index (χ0) is 14.9. The molecule has 0 saturated heterocycles. The van der Waals surface area contributed by atoms with Crippen LogP contribution in [0.2, 0.25) is 5.28 Å². The first-order valence-electron chi connectivity index (χ1n) is 6.97. The summed E-state index contributed by atoms with van der Waals surface area (Å²) in [6.45, 7) is 11.5. The average molecular weight is 292 g/mol. The fourth-order valence-electron chi connectivity index (χ4n) is 2.17. The predicted octanol–water partition coefficient (Wildman–Crippen LogP) is 4.40. The molecule has 1 heterocycles. The average Bonchev–Trinajstić information content (AvgIpc) is 2.71. The molecule has 2 rings (SSSR count). The summed E-state index contributed by atoms with van der Waals surface area (Å²) in [6.07, 6.45) is 0. The highest BCUT2D eigenvalue weighted by atomic mass is 35.5. The summed E-state index contributed by atoms with van der Waals surface area (Å²) in [6, 6.07) is 8.65. The topological polar surface area (TPSA) is 30.7 Å². The van der Waals surface area contributed by atoms with Crippen molar-refractivity contribution in [1.29, 1.82) is 0 Å². The molecule has 0 atom stereocenters. The van der Waals surface area contributed by atoms with Crippen LogP contribution >= 0.6 is 11.6 Å². The van der Waals surface area contributed by atoms with Crippen LogP contribution in [-0.4, -0.2) is 14.8 Å². The van der Waals surface area contributed by atoms with E-state index in [1.54, 1.807) is 0 Å². The standard InChI is InChI=1S/C16H22ClN3/c1-11(2)13-8-6-12(7-9-13)10-20-14(16(3,4)5)18-19-15(20)17/h6-9,11H,10H2,1-5H3. The van der Waals surface area contributed by atoms with Crippen molar-refractivity contribution in [3.8, 4) is 0 Å². The van der Waals surface area contributed by atoms with Gasteiger partial charge in [-0.05, 0) is 28.6 Å². The summed E-state index contributed by atoms with van der Waals surface area (Å²) in [7, 11) is 0. The van der Waals surface area contributed by atoms with Crippen molar-refractivity contribution in [2.24, 2.45) is 0 Å². The molecule has 0 bridgehead atoms. The Morgan fingerprint density at radius 3 is 2.20 bits per heavy atom. The van der Waals surface area contributed by atoms with Gasteiger partial charge in [0.25, 0.3) is 0 Å². The molecule has 0 aliphatic carbocycles. The zero-order valence-electron chi connectivity index (χ0n) is 12.8. The predicted molar refractivity (Wildman–Crippen MR) is 83.4 cm³/mol. The van der Waals surface area contributed by atoms with Crippen molar-refractivity contribution in [3.63, 3.8) is 0 Å². The maximum absolute atomic E-state index is 6.17. The molecule has 0 spiro atoms. The molecule has 0 N–H and O–H groups in total. The Bertz CT molecular complexity index is 577. The van der Waals surface area contributed by atoms with Gasteiger partial charge in [-0.2, -0.15) is 0 Å². The molecule has 1 aromatic heterocycles. The van der Waals surface area contributed by atoms with Crippen LogP contribution in [0.1, 0.15) is 57.5 Å². The van der Waals surface area contributed by atoms with Gasteiger partial charge < -0.3 is 0 Å². The third kappa shape index (κ3) is 3.21. The van der Waals surface area contributed by atoms with E-state index in [-0.39, 0.29) is 5.41 Å². The summed E-state index contributed by atoms with van der Waals surface area (Å²) < 4.78 is 1.98. The maximum atomic E-state index is 6.17. The van der Waals surface area contributed by atoms with E-state index in [1.165, 1.54) is 11.1 Å². The number of nitrogens with zero attached hydrogens (tertiary/aromatic N) is 3. The Hall–Kier alpha value is -1.35. The molecule has 0 amide bonds. The third-order valence-corrected chi connectivity index (χ3v) is 3.64. The van der Waals surface area contributed by atoms with Crippen molar-refractivity contribution >= 4 is 11.6 Å². The third-order valence-electron chi connectivity index (χ3n) is 3.36. The quantitative estimate of drug-likeness (QED) is 0.839. The highest BCUT2D eigenvalue weighted by Gasteiger charge is 2.23. The van der Waals surface area contributed by atoms with Crippen molar-refractivity contribution in [1.82, 2.24) is 14.8 Å². The van der Waals surface area contributed by atoms with Gasteiger partial charge in [-0.1, -0.05) is 58.9 Å². The molecular formula is C16H22ClN3. The van der Waals surface area contributed by atoms with Gasteiger partial charge in [0.05, 0.1) is 6.54 Å². The van der Waals surface area contributed by atoms with E-state index >= 15 is 0 Å². The molecule has 2 aromatic rings. The van der Waals surface area contributed by atoms with Crippen LogP contribution in [0.3, 0.4) is 0 Å². The van der Waals surface area contributed by atoms with Crippen LogP contribution in [0.25, 0.3) is 0 Å². The first kappa shape index (κ1) is 15.0. The normalized spacial score (nSPS) is 12.2. The second kappa shape index (κ2) is 5.57. The molecule has 108 valence electrons. The Labute approximate surface area is 126 Å². The summed E-state index contributed by atoms with van der Waals surface area (Å²) in [5.41, 5.74) is 2.49. The highest BCUT2D eigenvalue weighted by Crippen LogP contribution is 2.24. The Morgan fingerprint density at radius 2 is 1.70 bits per heavy atom. The molecule has 0 aliphatic heterocycles. The first-order valence-corrected chi connectivity index (χ1v) is 7.35. The van der Waals surface area contributed by atoms with Gasteiger partial charge in [0.1, 0.15) is 5.82 Å². The molecule has 0 aliphatic rings. The van der Waals surface area contributed by atoms with E-state index < -0.39 is 0 Å². The van der Waals surface area contributed by atoms with E-state index in [2.05, 4.69) is 69.1 Å². The van der Waals surface area contributed by atoms with E-state index in [0.717, 1.165) is 5.82 Å². The lowest BCUT2D eigenvalue weighted by molar-refractivity contribution is 0.510. The minimum atomic E-state index is -0.0714. The van der Waals surface area contributed by atoms with Gasteiger partial charge in [0, 0.05) is 5.41 Å². The molecule has 0 radical (unpaired) electrons. The number of rotatable bonds is 3. The summed E-state index contributed by atoms with van der Waals surface area (Å²) in [5, 5.41) is 8.66. The van der Waals surface area contributed by atoms with E-state index in [9.17, 15) is 0 Å². The van der Waals surface area contributed by atoms with Crippen molar-refractivity contribution < 1.29 is 0 Å². The molecule has 3 nitrogen and oxygen atoms in total. The maximum Gasteiger partial charge on any atom is 0.225 e. The largest absolute Gasteiger partial charge is 0.297 e. The first-order chi connectivity index (χ1) is 9.29. The lowest BCUT2D eigenvalue weighted by Gasteiger charge is -2.19. The summed E-state index contributed by atoms with van der Waals surface area (Å²) in [5.74, 6) is 1.46. The number of benzene rings is 1. The molecule has 0 saturated carbocycles. The van der Waals surface area contributed by atoms with Crippen molar-refractivity contribution in [3.05, 3.63) is 46.5 Å².